The minimum absolute atomic E-state index is 0.684. The van der Waals surface area contributed by atoms with E-state index in [0.29, 0.717) is 5.75 Å². The van der Waals surface area contributed by atoms with Gasteiger partial charge in [0.1, 0.15) is 0 Å². The molecule has 1 fully saturated rings. The summed E-state index contributed by atoms with van der Waals surface area (Å²) >= 11 is 0. The molecular weight excluding hydrogens is 266 g/mol. The van der Waals surface area contributed by atoms with Crippen molar-refractivity contribution in [3.8, 4) is 11.5 Å². The SMILES string of the molecule is COc1cc2nncc(N3CCC(C)CC3)c2cc1OC. The van der Waals surface area contributed by atoms with Gasteiger partial charge < -0.3 is 14.4 Å². The molecular formula is C16H21N3O2. The number of fused-ring (bicyclic) bond motifs is 1. The number of piperidine rings is 1. The van der Waals surface area contributed by atoms with Gasteiger partial charge in [-0.15, -0.1) is 0 Å². The van der Waals surface area contributed by atoms with Gasteiger partial charge in [-0.1, -0.05) is 6.92 Å². The van der Waals surface area contributed by atoms with Gasteiger partial charge in [0, 0.05) is 24.5 Å². The van der Waals surface area contributed by atoms with Gasteiger partial charge in [-0.2, -0.15) is 10.2 Å². The summed E-state index contributed by atoms with van der Waals surface area (Å²) in [6.07, 6.45) is 4.29. The van der Waals surface area contributed by atoms with Crippen molar-refractivity contribution in [2.75, 3.05) is 32.2 Å². The van der Waals surface area contributed by atoms with Gasteiger partial charge >= 0.3 is 0 Å². The van der Waals surface area contributed by atoms with Crippen LogP contribution in [-0.2, 0) is 0 Å². The second-order valence-electron chi connectivity index (χ2n) is 5.62. The number of rotatable bonds is 3. The highest BCUT2D eigenvalue weighted by atomic mass is 16.5. The molecule has 1 aromatic carbocycles. The molecule has 1 aromatic heterocycles. The molecule has 5 heteroatoms. The summed E-state index contributed by atoms with van der Waals surface area (Å²) in [5, 5.41) is 9.44. The Balaban J connectivity index is 2.06. The molecule has 21 heavy (non-hydrogen) atoms. The second kappa shape index (κ2) is 5.76. The second-order valence-corrected chi connectivity index (χ2v) is 5.62. The van der Waals surface area contributed by atoms with Crippen molar-refractivity contribution in [3.05, 3.63) is 18.3 Å². The van der Waals surface area contributed by atoms with Crippen molar-refractivity contribution in [2.45, 2.75) is 19.8 Å². The predicted octanol–water partition coefficient (Wildman–Crippen LogP) is 2.88. The van der Waals surface area contributed by atoms with Crippen molar-refractivity contribution < 1.29 is 9.47 Å². The van der Waals surface area contributed by atoms with Gasteiger partial charge in [-0.05, 0) is 24.8 Å². The topological polar surface area (TPSA) is 47.5 Å². The molecule has 0 radical (unpaired) electrons. The Morgan fingerprint density at radius 3 is 2.43 bits per heavy atom. The predicted molar refractivity (Wildman–Crippen MR) is 83.3 cm³/mol. The van der Waals surface area contributed by atoms with E-state index in [4.69, 9.17) is 9.47 Å². The quantitative estimate of drug-likeness (QED) is 0.868. The first-order valence-corrected chi connectivity index (χ1v) is 7.35. The molecule has 0 atom stereocenters. The van der Waals surface area contributed by atoms with Crippen molar-refractivity contribution in [1.82, 2.24) is 10.2 Å². The molecule has 2 heterocycles. The number of hydrogen-bond donors (Lipinski definition) is 0. The van der Waals surface area contributed by atoms with Crippen LogP contribution in [0.4, 0.5) is 5.69 Å². The highest BCUT2D eigenvalue weighted by molar-refractivity contribution is 5.93. The minimum atomic E-state index is 0.684. The Bertz CT molecular complexity index is 637. The molecule has 0 spiro atoms. The zero-order valence-corrected chi connectivity index (χ0v) is 12.8. The summed E-state index contributed by atoms with van der Waals surface area (Å²) in [7, 11) is 3.29. The summed E-state index contributed by atoms with van der Waals surface area (Å²) in [5.41, 5.74) is 1.97. The molecule has 2 aromatic rings. The molecule has 0 unspecified atom stereocenters. The molecule has 1 aliphatic rings. The molecule has 112 valence electrons. The average Bonchev–Trinajstić information content (AvgIpc) is 2.53. The van der Waals surface area contributed by atoms with Crippen LogP contribution in [0.2, 0.25) is 0 Å². The van der Waals surface area contributed by atoms with E-state index in [-0.39, 0.29) is 0 Å². The van der Waals surface area contributed by atoms with Crippen molar-refractivity contribution in [3.63, 3.8) is 0 Å². The van der Waals surface area contributed by atoms with E-state index < -0.39 is 0 Å². The maximum atomic E-state index is 5.41. The Morgan fingerprint density at radius 2 is 1.76 bits per heavy atom. The lowest BCUT2D eigenvalue weighted by Crippen LogP contribution is -2.33. The van der Waals surface area contributed by atoms with Crippen LogP contribution in [0.5, 0.6) is 11.5 Å². The first-order chi connectivity index (χ1) is 10.2. The fraction of sp³-hybridized carbons (Fsp3) is 0.500. The molecule has 0 N–H and O–H groups in total. The minimum Gasteiger partial charge on any atom is -0.493 e. The van der Waals surface area contributed by atoms with Crippen LogP contribution >= 0.6 is 0 Å². The summed E-state index contributed by atoms with van der Waals surface area (Å²) in [5.74, 6) is 2.21. The third kappa shape index (κ3) is 2.60. The Labute approximate surface area is 124 Å². The lowest BCUT2D eigenvalue weighted by molar-refractivity contribution is 0.355. The number of hydrogen-bond acceptors (Lipinski definition) is 5. The van der Waals surface area contributed by atoms with E-state index in [1.54, 1.807) is 14.2 Å². The van der Waals surface area contributed by atoms with E-state index in [0.717, 1.165) is 41.3 Å². The van der Waals surface area contributed by atoms with E-state index >= 15 is 0 Å². The van der Waals surface area contributed by atoms with Crippen molar-refractivity contribution in [2.24, 2.45) is 5.92 Å². The summed E-state index contributed by atoms with van der Waals surface area (Å²) in [6.45, 7) is 4.45. The summed E-state index contributed by atoms with van der Waals surface area (Å²) in [4.78, 5) is 2.39. The van der Waals surface area contributed by atoms with E-state index in [9.17, 15) is 0 Å². The van der Waals surface area contributed by atoms with Crippen LogP contribution < -0.4 is 14.4 Å². The number of anilines is 1. The molecule has 1 aliphatic heterocycles. The smallest absolute Gasteiger partial charge is 0.162 e. The van der Waals surface area contributed by atoms with E-state index in [1.165, 1.54) is 12.8 Å². The number of nitrogens with zero attached hydrogens (tertiary/aromatic N) is 3. The number of benzene rings is 1. The Hall–Kier alpha value is -2.04. The normalized spacial score (nSPS) is 16.2. The third-order valence-electron chi connectivity index (χ3n) is 4.25. The zero-order chi connectivity index (χ0) is 14.8. The number of methoxy groups -OCH3 is 2. The van der Waals surface area contributed by atoms with Gasteiger partial charge in [-0.25, -0.2) is 0 Å². The highest BCUT2D eigenvalue weighted by Crippen LogP contribution is 2.36. The maximum absolute atomic E-state index is 5.41. The number of ether oxygens (including phenoxy) is 2. The largest absolute Gasteiger partial charge is 0.493 e. The first kappa shape index (κ1) is 13.9. The van der Waals surface area contributed by atoms with Crippen LogP contribution in [0.15, 0.2) is 18.3 Å². The van der Waals surface area contributed by atoms with Crippen LogP contribution in [0.25, 0.3) is 10.9 Å². The molecule has 0 aliphatic carbocycles. The van der Waals surface area contributed by atoms with Gasteiger partial charge in [0.25, 0.3) is 0 Å². The fourth-order valence-corrected chi connectivity index (χ4v) is 2.87. The van der Waals surface area contributed by atoms with E-state index in [2.05, 4.69) is 22.0 Å². The average molecular weight is 287 g/mol. The third-order valence-corrected chi connectivity index (χ3v) is 4.25. The lowest BCUT2D eigenvalue weighted by atomic mass is 9.98. The highest BCUT2D eigenvalue weighted by Gasteiger charge is 2.19. The van der Waals surface area contributed by atoms with E-state index in [1.807, 2.05) is 18.3 Å². The van der Waals surface area contributed by atoms with Crippen LogP contribution in [0, 0.1) is 5.92 Å². The fourth-order valence-electron chi connectivity index (χ4n) is 2.87. The summed E-state index contributed by atoms with van der Waals surface area (Å²) in [6, 6.07) is 3.88. The Kier molecular flexibility index (Phi) is 3.82. The first-order valence-electron chi connectivity index (χ1n) is 7.35. The molecule has 1 saturated heterocycles. The van der Waals surface area contributed by atoms with Crippen LogP contribution in [-0.4, -0.2) is 37.5 Å². The zero-order valence-electron chi connectivity index (χ0n) is 12.8. The molecule has 0 saturated carbocycles. The molecule has 5 nitrogen and oxygen atoms in total. The standard InChI is InChI=1S/C16H21N3O2/c1-11-4-6-19(7-5-11)14-10-17-18-13-9-16(21-3)15(20-2)8-12(13)14/h8-11H,4-7H2,1-3H3. The van der Waals surface area contributed by atoms with Gasteiger partial charge in [0.05, 0.1) is 31.6 Å². The van der Waals surface area contributed by atoms with Gasteiger partial charge in [-0.3, -0.25) is 0 Å². The molecule has 0 bridgehead atoms. The molecule has 0 amide bonds. The van der Waals surface area contributed by atoms with Crippen LogP contribution in [0.3, 0.4) is 0 Å². The molecule has 3 rings (SSSR count). The van der Waals surface area contributed by atoms with Gasteiger partial charge in [0.15, 0.2) is 11.5 Å². The van der Waals surface area contributed by atoms with Crippen molar-refractivity contribution >= 4 is 16.6 Å². The van der Waals surface area contributed by atoms with Gasteiger partial charge in [0.2, 0.25) is 0 Å². The monoisotopic (exact) mass is 287 g/mol. The Morgan fingerprint density at radius 1 is 1.10 bits per heavy atom. The van der Waals surface area contributed by atoms with Crippen molar-refractivity contribution in [1.29, 1.82) is 0 Å². The number of aromatic nitrogens is 2. The van der Waals surface area contributed by atoms with Crippen LogP contribution in [0.1, 0.15) is 19.8 Å². The lowest BCUT2D eigenvalue weighted by Gasteiger charge is -2.32. The maximum Gasteiger partial charge on any atom is 0.162 e. The summed E-state index contributed by atoms with van der Waals surface area (Å²) < 4.78 is 10.7.